The first-order chi connectivity index (χ1) is 8.19. The summed E-state index contributed by atoms with van der Waals surface area (Å²) in [6.07, 6.45) is 0. The maximum absolute atomic E-state index is 11.4. The lowest BCUT2D eigenvalue weighted by atomic mass is 10.1. The highest BCUT2D eigenvalue weighted by molar-refractivity contribution is 5.95. The number of hydrogen-bond acceptors (Lipinski definition) is 6. The fourth-order valence-corrected chi connectivity index (χ4v) is 1.11. The second-order valence-electron chi connectivity index (χ2n) is 2.98. The molecule has 0 amide bonds. The molecule has 0 aromatic heterocycles. The molecule has 1 aromatic rings. The zero-order valence-corrected chi connectivity index (χ0v) is 9.21. The van der Waals surface area contributed by atoms with Crippen LogP contribution >= 0.6 is 0 Å². The molecule has 0 aliphatic carbocycles. The standard InChI is InChI=1S/C11H12O6/c1-15-7-17-11(14)9-4-2-3-8(5-9)10(13)16-6-12/h2-5,12H,6-7H2,1H3. The first-order valence-electron chi connectivity index (χ1n) is 4.73. The van der Waals surface area contributed by atoms with E-state index in [9.17, 15) is 9.59 Å². The highest BCUT2D eigenvalue weighted by atomic mass is 16.7. The summed E-state index contributed by atoms with van der Waals surface area (Å²) in [4.78, 5) is 22.7. The molecule has 0 atom stereocenters. The van der Waals surface area contributed by atoms with Crippen LogP contribution in [0.5, 0.6) is 0 Å². The second kappa shape index (κ2) is 6.62. The topological polar surface area (TPSA) is 82.1 Å². The first-order valence-corrected chi connectivity index (χ1v) is 4.73. The zero-order chi connectivity index (χ0) is 12.7. The molecule has 6 heteroatoms. The highest BCUT2D eigenvalue weighted by Crippen LogP contribution is 2.08. The molecule has 0 unspecified atom stereocenters. The van der Waals surface area contributed by atoms with Gasteiger partial charge in [0, 0.05) is 7.11 Å². The van der Waals surface area contributed by atoms with Crippen molar-refractivity contribution in [2.75, 3.05) is 20.7 Å². The molecular formula is C11H12O6. The molecule has 0 fully saturated rings. The third-order valence-corrected chi connectivity index (χ3v) is 1.84. The van der Waals surface area contributed by atoms with E-state index in [1.807, 2.05) is 0 Å². The Hall–Kier alpha value is -1.92. The quantitative estimate of drug-likeness (QED) is 0.598. The van der Waals surface area contributed by atoms with E-state index in [4.69, 9.17) is 9.84 Å². The number of hydrogen-bond donors (Lipinski definition) is 1. The minimum Gasteiger partial charge on any atom is -0.435 e. The molecule has 1 N–H and O–H groups in total. The summed E-state index contributed by atoms with van der Waals surface area (Å²) in [7, 11) is 1.39. The van der Waals surface area contributed by atoms with Crippen molar-refractivity contribution in [3.05, 3.63) is 35.4 Å². The van der Waals surface area contributed by atoms with Gasteiger partial charge in [0.2, 0.25) is 0 Å². The van der Waals surface area contributed by atoms with Gasteiger partial charge in [-0.15, -0.1) is 0 Å². The molecule has 1 aromatic carbocycles. The Morgan fingerprint density at radius 1 is 1.18 bits per heavy atom. The minimum atomic E-state index is -0.714. The SMILES string of the molecule is COCOC(=O)c1cccc(C(=O)OCO)c1. The number of methoxy groups -OCH3 is 1. The summed E-state index contributed by atoms with van der Waals surface area (Å²) in [6.45, 7) is -0.874. The van der Waals surface area contributed by atoms with E-state index in [-0.39, 0.29) is 17.9 Å². The molecule has 17 heavy (non-hydrogen) atoms. The molecule has 1 rings (SSSR count). The fourth-order valence-electron chi connectivity index (χ4n) is 1.11. The molecule has 92 valence electrons. The summed E-state index contributed by atoms with van der Waals surface area (Å²) in [5.74, 6) is -1.32. The predicted octanol–water partition coefficient (Wildman–Crippen LogP) is 0.554. The van der Waals surface area contributed by atoms with Crippen molar-refractivity contribution in [2.45, 2.75) is 0 Å². The van der Waals surface area contributed by atoms with Crippen LogP contribution in [0.1, 0.15) is 20.7 Å². The Balaban J connectivity index is 2.78. The van der Waals surface area contributed by atoms with Crippen LogP contribution in [-0.2, 0) is 14.2 Å². The van der Waals surface area contributed by atoms with Gasteiger partial charge < -0.3 is 19.3 Å². The van der Waals surface area contributed by atoms with Crippen molar-refractivity contribution in [2.24, 2.45) is 0 Å². The van der Waals surface area contributed by atoms with Crippen LogP contribution in [0.25, 0.3) is 0 Å². The van der Waals surface area contributed by atoms with Crippen LogP contribution < -0.4 is 0 Å². The normalized spacial score (nSPS) is 9.76. The Kier molecular flexibility index (Phi) is 5.12. The van der Waals surface area contributed by atoms with E-state index in [2.05, 4.69) is 9.47 Å². The third-order valence-electron chi connectivity index (χ3n) is 1.84. The van der Waals surface area contributed by atoms with Crippen LogP contribution in [0.2, 0.25) is 0 Å². The number of rotatable bonds is 5. The molecule has 0 radical (unpaired) electrons. The monoisotopic (exact) mass is 240 g/mol. The van der Waals surface area contributed by atoms with Gasteiger partial charge in [-0.2, -0.15) is 0 Å². The molecule has 0 aliphatic heterocycles. The van der Waals surface area contributed by atoms with Crippen molar-refractivity contribution in [3.63, 3.8) is 0 Å². The van der Waals surface area contributed by atoms with Gasteiger partial charge in [-0.1, -0.05) is 6.07 Å². The lowest BCUT2D eigenvalue weighted by molar-refractivity contribution is -0.0125. The van der Waals surface area contributed by atoms with E-state index in [0.717, 1.165) is 0 Å². The fraction of sp³-hybridized carbons (Fsp3) is 0.273. The van der Waals surface area contributed by atoms with Crippen molar-refractivity contribution in [1.29, 1.82) is 0 Å². The van der Waals surface area contributed by atoms with Gasteiger partial charge in [0.15, 0.2) is 13.6 Å². The molecule has 0 spiro atoms. The Labute approximate surface area is 97.7 Å². The first kappa shape index (κ1) is 13.1. The molecule has 0 aliphatic rings. The van der Waals surface area contributed by atoms with Gasteiger partial charge >= 0.3 is 11.9 Å². The van der Waals surface area contributed by atoms with Crippen molar-refractivity contribution in [3.8, 4) is 0 Å². The van der Waals surface area contributed by atoms with Crippen molar-refractivity contribution < 1.29 is 28.9 Å². The van der Waals surface area contributed by atoms with E-state index in [1.54, 1.807) is 0 Å². The third kappa shape index (κ3) is 3.86. The number of ether oxygens (including phenoxy) is 3. The van der Waals surface area contributed by atoms with Crippen LogP contribution in [0.4, 0.5) is 0 Å². The largest absolute Gasteiger partial charge is 0.435 e. The summed E-state index contributed by atoms with van der Waals surface area (Å²) in [5, 5.41) is 8.44. The molecule has 6 nitrogen and oxygen atoms in total. The average Bonchev–Trinajstić information content (AvgIpc) is 2.36. The van der Waals surface area contributed by atoms with Gasteiger partial charge in [0.25, 0.3) is 0 Å². The van der Waals surface area contributed by atoms with Crippen LogP contribution in [-0.4, -0.2) is 37.7 Å². The summed E-state index contributed by atoms with van der Waals surface area (Å²) in [5.41, 5.74) is 0.361. The number of esters is 2. The zero-order valence-electron chi connectivity index (χ0n) is 9.21. The van der Waals surface area contributed by atoms with Crippen LogP contribution in [0.15, 0.2) is 24.3 Å². The average molecular weight is 240 g/mol. The molecule has 0 saturated heterocycles. The maximum atomic E-state index is 11.4. The van der Waals surface area contributed by atoms with Crippen molar-refractivity contribution >= 4 is 11.9 Å². The van der Waals surface area contributed by atoms with E-state index in [0.29, 0.717) is 0 Å². The van der Waals surface area contributed by atoms with Gasteiger partial charge in [-0.3, -0.25) is 0 Å². The summed E-state index contributed by atoms with van der Waals surface area (Å²) >= 11 is 0. The Morgan fingerprint density at radius 2 is 1.76 bits per heavy atom. The number of aliphatic hydroxyl groups is 1. The number of carbonyl (C=O) groups excluding carboxylic acids is 2. The molecular weight excluding hydrogens is 228 g/mol. The number of carbonyl (C=O) groups is 2. The van der Waals surface area contributed by atoms with Gasteiger partial charge in [0.05, 0.1) is 11.1 Å². The maximum Gasteiger partial charge on any atom is 0.340 e. The molecule has 0 heterocycles. The van der Waals surface area contributed by atoms with E-state index < -0.39 is 18.7 Å². The summed E-state index contributed by atoms with van der Waals surface area (Å²) < 4.78 is 13.7. The summed E-state index contributed by atoms with van der Waals surface area (Å²) in [6, 6.07) is 5.78. The minimum absolute atomic E-state index is 0.158. The number of aliphatic hydroxyl groups excluding tert-OH is 1. The molecule has 0 bridgehead atoms. The Morgan fingerprint density at radius 3 is 2.29 bits per heavy atom. The lowest BCUT2D eigenvalue weighted by Crippen LogP contribution is -2.10. The van der Waals surface area contributed by atoms with Gasteiger partial charge in [0.1, 0.15) is 0 Å². The molecule has 0 saturated carbocycles. The van der Waals surface area contributed by atoms with Crippen LogP contribution in [0, 0.1) is 0 Å². The lowest BCUT2D eigenvalue weighted by Gasteiger charge is -2.05. The highest BCUT2D eigenvalue weighted by Gasteiger charge is 2.11. The van der Waals surface area contributed by atoms with Gasteiger partial charge in [-0.05, 0) is 18.2 Å². The second-order valence-corrected chi connectivity index (χ2v) is 2.98. The smallest absolute Gasteiger partial charge is 0.340 e. The number of benzene rings is 1. The van der Waals surface area contributed by atoms with Crippen molar-refractivity contribution in [1.82, 2.24) is 0 Å². The Bertz CT molecular complexity index is 401. The van der Waals surface area contributed by atoms with Gasteiger partial charge in [-0.25, -0.2) is 9.59 Å². The predicted molar refractivity (Wildman–Crippen MR) is 56.2 cm³/mol. The van der Waals surface area contributed by atoms with E-state index in [1.165, 1.54) is 31.4 Å². The van der Waals surface area contributed by atoms with Crippen LogP contribution in [0.3, 0.4) is 0 Å². The van der Waals surface area contributed by atoms with E-state index >= 15 is 0 Å².